The van der Waals surface area contributed by atoms with E-state index >= 15 is 0 Å². The summed E-state index contributed by atoms with van der Waals surface area (Å²) < 4.78 is 116. The van der Waals surface area contributed by atoms with Gasteiger partial charge in [0.05, 0.1) is 49.3 Å². The highest BCUT2D eigenvalue weighted by molar-refractivity contribution is 8.16. The molecule has 2 saturated heterocycles. The number of nitrogens with zero attached hydrogens (tertiary/aromatic N) is 2. The number of alkyl halides is 6. The van der Waals surface area contributed by atoms with Gasteiger partial charge in [0.1, 0.15) is 0 Å². The first-order valence-corrected chi connectivity index (χ1v) is 13.6. The summed E-state index contributed by atoms with van der Waals surface area (Å²) in [6.45, 7) is 0. The molecule has 0 bridgehead atoms. The molecule has 2 heterocycles. The lowest BCUT2D eigenvalue weighted by molar-refractivity contribution is -0.143. The summed E-state index contributed by atoms with van der Waals surface area (Å²) in [5.41, 5.74) is -3.21. The Morgan fingerprint density at radius 3 is 2.13 bits per heavy atom. The number of carbonyl (C=O) groups is 1. The van der Waals surface area contributed by atoms with Gasteiger partial charge in [-0.2, -0.15) is 31.3 Å². The Morgan fingerprint density at radius 1 is 0.974 bits per heavy atom. The lowest BCUT2D eigenvalue weighted by Crippen LogP contribution is -2.38. The van der Waals surface area contributed by atoms with E-state index in [0.29, 0.717) is 29.2 Å². The lowest BCUT2D eigenvalue weighted by atomic mass is 10.1. The summed E-state index contributed by atoms with van der Waals surface area (Å²) in [4.78, 5) is 17.8. The van der Waals surface area contributed by atoms with Crippen LogP contribution in [0.2, 0.25) is 0 Å². The van der Waals surface area contributed by atoms with E-state index in [0.717, 1.165) is 16.7 Å². The van der Waals surface area contributed by atoms with Crippen LogP contribution < -0.4 is 14.4 Å². The zero-order valence-electron chi connectivity index (χ0n) is 19.8. The number of sulfone groups is 1. The maximum atomic E-state index is 13.5. The van der Waals surface area contributed by atoms with Crippen molar-refractivity contribution in [2.75, 3.05) is 30.6 Å². The van der Waals surface area contributed by atoms with Gasteiger partial charge in [0.25, 0.3) is 5.91 Å². The molecular formula is C23H20F6N2O5S2. The standard InChI is InChI=1S/C23H20F6N2O5S2/c1-35-17-4-3-12(5-18(17)36-2)6-20(32)30-21-31(16-10-38(33,34)11-19(16)37-21)15-8-13(22(24,25)26)7-14(9-15)23(27,28)29/h3-5,7-9,16,19H,6,10-11H2,1-2H3. The number of thioether (sulfide) groups is 1. The lowest BCUT2D eigenvalue weighted by Gasteiger charge is -2.26. The summed E-state index contributed by atoms with van der Waals surface area (Å²) in [6, 6.07) is 4.64. The number of benzene rings is 2. The molecule has 38 heavy (non-hydrogen) atoms. The summed E-state index contributed by atoms with van der Waals surface area (Å²) in [5, 5.41) is -0.899. The zero-order chi connectivity index (χ0) is 28.0. The Hall–Kier alpha value is -2.94. The first kappa shape index (κ1) is 28.1. The quantitative estimate of drug-likeness (QED) is 0.477. The molecule has 0 spiro atoms. The van der Waals surface area contributed by atoms with Gasteiger partial charge >= 0.3 is 12.4 Å². The van der Waals surface area contributed by atoms with Crippen molar-refractivity contribution >= 4 is 38.4 Å². The highest BCUT2D eigenvalue weighted by Crippen LogP contribution is 2.44. The minimum Gasteiger partial charge on any atom is -0.493 e. The molecule has 2 aliphatic heterocycles. The second kappa shape index (κ2) is 9.98. The highest BCUT2D eigenvalue weighted by atomic mass is 32.2. The van der Waals surface area contributed by atoms with Crippen molar-refractivity contribution in [3.63, 3.8) is 0 Å². The van der Waals surface area contributed by atoms with Crippen molar-refractivity contribution in [3.8, 4) is 11.5 Å². The van der Waals surface area contributed by atoms with E-state index in [1.165, 1.54) is 20.3 Å². The van der Waals surface area contributed by atoms with E-state index in [1.807, 2.05) is 0 Å². The van der Waals surface area contributed by atoms with Crippen LogP contribution in [0.5, 0.6) is 11.5 Å². The largest absolute Gasteiger partial charge is 0.493 e. The number of ether oxygens (including phenoxy) is 2. The van der Waals surface area contributed by atoms with Crippen LogP contribution in [0.25, 0.3) is 0 Å². The molecule has 206 valence electrons. The molecule has 1 amide bonds. The number of hydrogen-bond donors (Lipinski definition) is 0. The van der Waals surface area contributed by atoms with Gasteiger partial charge in [0, 0.05) is 10.9 Å². The molecule has 15 heteroatoms. The van der Waals surface area contributed by atoms with Crippen molar-refractivity contribution in [3.05, 3.63) is 53.1 Å². The van der Waals surface area contributed by atoms with Crippen LogP contribution in [0.15, 0.2) is 41.4 Å². The normalized spacial score (nSPS) is 22.0. The number of amides is 1. The van der Waals surface area contributed by atoms with Crippen LogP contribution in [-0.4, -0.2) is 56.5 Å². The van der Waals surface area contributed by atoms with Crippen LogP contribution in [0.1, 0.15) is 16.7 Å². The minimum atomic E-state index is -5.11. The second-order valence-corrected chi connectivity index (χ2v) is 11.9. The van der Waals surface area contributed by atoms with Crippen LogP contribution in [0.3, 0.4) is 0 Å². The fraction of sp³-hybridized carbons (Fsp3) is 0.391. The molecule has 0 aromatic heterocycles. The predicted molar refractivity (Wildman–Crippen MR) is 128 cm³/mol. The van der Waals surface area contributed by atoms with Crippen molar-refractivity contribution in [2.45, 2.75) is 30.1 Å². The molecule has 0 saturated carbocycles. The monoisotopic (exact) mass is 582 g/mol. The molecule has 7 nitrogen and oxygen atoms in total. The zero-order valence-corrected chi connectivity index (χ0v) is 21.4. The highest BCUT2D eigenvalue weighted by Gasteiger charge is 2.50. The van der Waals surface area contributed by atoms with Gasteiger partial charge in [-0.15, -0.1) is 0 Å². The Labute approximate surface area is 217 Å². The topological polar surface area (TPSA) is 85.3 Å². The SMILES string of the molecule is COc1ccc(CC(=O)N=C2SC3CS(=O)(=O)CC3N2c2cc(C(F)(F)F)cc(C(F)(F)F)c2)cc1OC. The van der Waals surface area contributed by atoms with Crippen LogP contribution in [0, 0.1) is 0 Å². The third-order valence-electron chi connectivity index (χ3n) is 5.94. The Balaban J connectivity index is 1.75. The maximum absolute atomic E-state index is 13.5. The number of carbonyl (C=O) groups excluding carboxylic acids is 1. The molecule has 2 fully saturated rings. The number of hydrogen-bond acceptors (Lipinski definition) is 6. The predicted octanol–water partition coefficient (Wildman–Crippen LogP) is 4.59. The maximum Gasteiger partial charge on any atom is 0.416 e. The van der Waals surface area contributed by atoms with Crippen molar-refractivity contribution in [1.29, 1.82) is 0 Å². The number of halogens is 6. The minimum absolute atomic E-state index is 0.0192. The Bertz CT molecular complexity index is 1360. The van der Waals surface area contributed by atoms with Crippen molar-refractivity contribution in [1.82, 2.24) is 0 Å². The summed E-state index contributed by atoms with van der Waals surface area (Å²) in [5.74, 6) is -0.856. The summed E-state index contributed by atoms with van der Waals surface area (Å²) in [7, 11) is -0.788. The van der Waals surface area contributed by atoms with E-state index in [9.17, 15) is 39.6 Å². The second-order valence-electron chi connectivity index (χ2n) is 8.59. The third kappa shape index (κ3) is 5.87. The van der Waals surface area contributed by atoms with E-state index in [-0.39, 0.29) is 23.4 Å². The van der Waals surface area contributed by atoms with Crippen LogP contribution in [0.4, 0.5) is 32.0 Å². The number of fused-ring (bicyclic) bond motifs is 1. The van der Waals surface area contributed by atoms with E-state index in [2.05, 4.69) is 4.99 Å². The van der Waals surface area contributed by atoms with Crippen LogP contribution >= 0.6 is 11.8 Å². The number of aliphatic imine (C=N–C) groups is 1. The molecule has 4 rings (SSSR count). The van der Waals surface area contributed by atoms with E-state index < -0.39 is 62.0 Å². The number of amidine groups is 1. The first-order valence-electron chi connectivity index (χ1n) is 10.9. The van der Waals surface area contributed by atoms with Gasteiger partial charge in [0.15, 0.2) is 26.5 Å². The molecule has 2 unspecified atom stereocenters. The molecule has 2 aliphatic rings. The van der Waals surface area contributed by atoms with E-state index in [4.69, 9.17) is 9.47 Å². The molecule has 2 aromatic rings. The van der Waals surface area contributed by atoms with Gasteiger partial charge < -0.3 is 14.4 Å². The fourth-order valence-corrected chi connectivity index (χ4v) is 8.19. The Morgan fingerprint density at radius 2 is 1.58 bits per heavy atom. The summed E-state index contributed by atoms with van der Waals surface area (Å²) >= 11 is 0.835. The van der Waals surface area contributed by atoms with Gasteiger partial charge in [-0.25, -0.2) is 8.42 Å². The average molecular weight is 583 g/mol. The van der Waals surface area contributed by atoms with Crippen LogP contribution in [-0.2, 0) is 33.4 Å². The first-order chi connectivity index (χ1) is 17.6. The fourth-order valence-electron chi connectivity index (χ4n) is 4.26. The average Bonchev–Trinajstić information content (AvgIpc) is 3.27. The van der Waals surface area contributed by atoms with Gasteiger partial charge in [-0.05, 0) is 35.9 Å². The van der Waals surface area contributed by atoms with Gasteiger partial charge in [-0.3, -0.25) is 4.79 Å². The van der Waals surface area contributed by atoms with Crippen molar-refractivity contribution < 1.29 is 49.0 Å². The molecule has 2 atom stereocenters. The molecule has 0 aliphatic carbocycles. The number of anilines is 1. The summed E-state index contributed by atoms with van der Waals surface area (Å²) in [6.07, 6.45) is -10.5. The van der Waals surface area contributed by atoms with Gasteiger partial charge in [0.2, 0.25) is 0 Å². The molecule has 0 radical (unpaired) electrons. The molecule has 2 aromatic carbocycles. The smallest absolute Gasteiger partial charge is 0.416 e. The molecule has 0 N–H and O–H groups in total. The molecular weight excluding hydrogens is 562 g/mol. The van der Waals surface area contributed by atoms with Gasteiger partial charge in [-0.1, -0.05) is 17.8 Å². The Kier molecular flexibility index (Phi) is 7.38. The number of methoxy groups -OCH3 is 2. The third-order valence-corrected chi connectivity index (χ3v) is 9.15. The van der Waals surface area contributed by atoms with E-state index in [1.54, 1.807) is 12.1 Å². The number of rotatable bonds is 5. The van der Waals surface area contributed by atoms with Crippen molar-refractivity contribution in [2.24, 2.45) is 4.99 Å².